The summed E-state index contributed by atoms with van der Waals surface area (Å²) in [5.74, 6) is 0.379. The van der Waals surface area contributed by atoms with Gasteiger partial charge in [-0.25, -0.2) is 4.39 Å². The molecule has 0 heterocycles. The van der Waals surface area contributed by atoms with Crippen LogP contribution in [-0.4, -0.2) is 13.4 Å². The van der Waals surface area contributed by atoms with Crippen LogP contribution in [0.3, 0.4) is 0 Å². The molecule has 0 unspecified atom stereocenters. The first-order valence-electron chi connectivity index (χ1n) is 5.40. The molecule has 0 saturated heterocycles. The molecule has 0 atom stereocenters. The summed E-state index contributed by atoms with van der Waals surface area (Å²) in [7, 11) is 1.40. The van der Waals surface area contributed by atoms with E-state index < -0.39 is 5.82 Å². The Kier molecular flexibility index (Phi) is 4.02. The first-order valence-corrected chi connectivity index (χ1v) is 5.78. The van der Waals surface area contributed by atoms with Gasteiger partial charge in [-0.1, -0.05) is 11.6 Å². The lowest BCUT2D eigenvalue weighted by molar-refractivity contribution is 0.112. The molecule has 3 nitrogen and oxygen atoms in total. The van der Waals surface area contributed by atoms with Crippen LogP contribution in [0.4, 0.5) is 4.39 Å². The molecule has 19 heavy (non-hydrogen) atoms. The van der Waals surface area contributed by atoms with Crippen LogP contribution in [0.25, 0.3) is 0 Å². The van der Waals surface area contributed by atoms with Crippen LogP contribution in [0.15, 0.2) is 36.4 Å². The summed E-state index contributed by atoms with van der Waals surface area (Å²) >= 11 is 5.85. The number of ether oxygens (including phenoxy) is 2. The molecular formula is C14H10ClFO3. The van der Waals surface area contributed by atoms with Gasteiger partial charge in [0.1, 0.15) is 11.6 Å². The van der Waals surface area contributed by atoms with Crippen LogP contribution in [-0.2, 0) is 0 Å². The van der Waals surface area contributed by atoms with E-state index in [-0.39, 0.29) is 11.5 Å². The second-order valence-corrected chi connectivity index (χ2v) is 4.13. The zero-order valence-corrected chi connectivity index (χ0v) is 10.8. The van der Waals surface area contributed by atoms with Crippen LogP contribution in [0, 0.1) is 5.82 Å². The number of halogens is 2. The molecule has 0 fully saturated rings. The van der Waals surface area contributed by atoms with Crippen molar-refractivity contribution in [1.82, 2.24) is 0 Å². The Morgan fingerprint density at radius 2 is 1.89 bits per heavy atom. The van der Waals surface area contributed by atoms with Crippen LogP contribution in [0.2, 0.25) is 5.02 Å². The highest BCUT2D eigenvalue weighted by atomic mass is 35.5. The van der Waals surface area contributed by atoms with E-state index in [2.05, 4.69) is 0 Å². The number of carbonyl (C=O) groups is 1. The van der Waals surface area contributed by atoms with Crippen molar-refractivity contribution < 1.29 is 18.7 Å². The van der Waals surface area contributed by atoms with Crippen molar-refractivity contribution in [2.75, 3.05) is 7.11 Å². The Morgan fingerprint density at radius 3 is 2.58 bits per heavy atom. The molecule has 2 aromatic rings. The lowest BCUT2D eigenvalue weighted by atomic mass is 10.2. The first kappa shape index (κ1) is 13.4. The van der Waals surface area contributed by atoms with Crippen LogP contribution in [0.1, 0.15) is 10.4 Å². The predicted molar refractivity (Wildman–Crippen MR) is 69.9 cm³/mol. The molecule has 98 valence electrons. The highest BCUT2D eigenvalue weighted by Gasteiger charge is 2.10. The Bertz CT molecular complexity index is 614. The van der Waals surface area contributed by atoms with E-state index in [9.17, 15) is 9.18 Å². The molecule has 5 heteroatoms. The molecule has 0 aromatic heterocycles. The average molecular weight is 281 g/mol. The second kappa shape index (κ2) is 5.71. The Hall–Kier alpha value is -2.07. The van der Waals surface area contributed by atoms with Crippen molar-refractivity contribution >= 4 is 17.9 Å². The largest absolute Gasteiger partial charge is 0.493 e. The number of rotatable bonds is 4. The van der Waals surface area contributed by atoms with Crippen LogP contribution >= 0.6 is 11.6 Å². The van der Waals surface area contributed by atoms with Gasteiger partial charge in [0.2, 0.25) is 0 Å². The maximum Gasteiger partial charge on any atom is 0.169 e. The molecule has 0 radical (unpaired) electrons. The van der Waals surface area contributed by atoms with Crippen molar-refractivity contribution in [3.63, 3.8) is 0 Å². The highest BCUT2D eigenvalue weighted by Crippen LogP contribution is 2.34. The number of methoxy groups -OCH3 is 1. The molecular weight excluding hydrogens is 271 g/mol. The smallest absolute Gasteiger partial charge is 0.169 e. The van der Waals surface area contributed by atoms with E-state index in [1.54, 1.807) is 12.1 Å². The second-order valence-electron chi connectivity index (χ2n) is 3.70. The van der Waals surface area contributed by atoms with E-state index in [0.717, 1.165) is 0 Å². The maximum absolute atomic E-state index is 13.1. The standard InChI is InChI=1S/C14H10ClFO3/c1-18-14-7-11(16)4-5-12(14)19-13-6-10(15)3-2-9(13)8-17/h2-8H,1H3. The minimum absolute atomic E-state index is 0.233. The van der Waals surface area contributed by atoms with Crippen LogP contribution in [0.5, 0.6) is 17.2 Å². The Balaban J connectivity index is 2.40. The fourth-order valence-corrected chi connectivity index (χ4v) is 1.70. The highest BCUT2D eigenvalue weighted by molar-refractivity contribution is 6.30. The topological polar surface area (TPSA) is 35.5 Å². The van der Waals surface area contributed by atoms with Gasteiger partial charge in [0, 0.05) is 17.2 Å². The minimum atomic E-state index is -0.439. The van der Waals surface area contributed by atoms with Gasteiger partial charge in [0.25, 0.3) is 0 Å². The fourth-order valence-electron chi connectivity index (χ4n) is 1.54. The van der Waals surface area contributed by atoms with E-state index in [1.165, 1.54) is 31.4 Å². The Morgan fingerprint density at radius 1 is 1.11 bits per heavy atom. The first-order chi connectivity index (χ1) is 9.13. The summed E-state index contributed by atoms with van der Waals surface area (Å²) in [5.41, 5.74) is 0.343. The van der Waals surface area contributed by atoms with Gasteiger partial charge in [-0.15, -0.1) is 0 Å². The summed E-state index contributed by atoms with van der Waals surface area (Å²) in [5, 5.41) is 0.432. The van der Waals surface area contributed by atoms with Crippen molar-refractivity contribution in [3.05, 3.63) is 52.8 Å². The molecule has 2 aromatic carbocycles. The average Bonchev–Trinajstić information content (AvgIpc) is 2.41. The zero-order valence-electron chi connectivity index (χ0n) is 10.0. The molecule has 0 aliphatic heterocycles. The summed E-state index contributed by atoms with van der Waals surface area (Å²) in [6, 6.07) is 8.49. The summed E-state index contributed by atoms with van der Waals surface area (Å²) < 4.78 is 23.6. The minimum Gasteiger partial charge on any atom is -0.493 e. The van der Waals surface area contributed by atoms with Gasteiger partial charge < -0.3 is 9.47 Å². The van der Waals surface area contributed by atoms with E-state index in [4.69, 9.17) is 21.1 Å². The number of hydrogen-bond acceptors (Lipinski definition) is 3. The monoisotopic (exact) mass is 280 g/mol. The fraction of sp³-hybridized carbons (Fsp3) is 0.0714. The van der Waals surface area contributed by atoms with Crippen molar-refractivity contribution in [1.29, 1.82) is 0 Å². The molecule has 0 bridgehead atoms. The zero-order chi connectivity index (χ0) is 13.8. The van der Waals surface area contributed by atoms with E-state index in [0.29, 0.717) is 22.6 Å². The van der Waals surface area contributed by atoms with Gasteiger partial charge in [0.15, 0.2) is 17.8 Å². The van der Waals surface area contributed by atoms with Gasteiger partial charge in [-0.3, -0.25) is 4.79 Å². The molecule has 2 rings (SSSR count). The molecule has 0 aliphatic carbocycles. The third-order valence-electron chi connectivity index (χ3n) is 2.45. The number of aldehydes is 1. The summed E-state index contributed by atoms with van der Waals surface area (Å²) in [4.78, 5) is 10.9. The normalized spacial score (nSPS) is 10.1. The summed E-state index contributed by atoms with van der Waals surface area (Å²) in [6.45, 7) is 0. The number of hydrogen-bond donors (Lipinski definition) is 0. The van der Waals surface area contributed by atoms with Gasteiger partial charge in [-0.2, -0.15) is 0 Å². The Labute approximate surface area is 114 Å². The molecule has 0 spiro atoms. The lowest BCUT2D eigenvalue weighted by Crippen LogP contribution is -1.94. The van der Waals surface area contributed by atoms with Gasteiger partial charge in [0.05, 0.1) is 12.7 Å². The van der Waals surface area contributed by atoms with Crippen molar-refractivity contribution in [2.24, 2.45) is 0 Å². The number of benzene rings is 2. The molecule has 0 saturated carbocycles. The lowest BCUT2D eigenvalue weighted by Gasteiger charge is -2.11. The van der Waals surface area contributed by atoms with Gasteiger partial charge >= 0.3 is 0 Å². The van der Waals surface area contributed by atoms with Crippen LogP contribution < -0.4 is 9.47 Å². The van der Waals surface area contributed by atoms with Crippen molar-refractivity contribution in [3.8, 4) is 17.2 Å². The quantitative estimate of drug-likeness (QED) is 0.791. The van der Waals surface area contributed by atoms with E-state index in [1.807, 2.05) is 0 Å². The maximum atomic E-state index is 13.1. The third-order valence-corrected chi connectivity index (χ3v) is 2.68. The number of carbonyl (C=O) groups excluding carboxylic acids is 1. The third kappa shape index (κ3) is 3.03. The van der Waals surface area contributed by atoms with Gasteiger partial charge in [-0.05, 0) is 24.3 Å². The predicted octanol–water partition coefficient (Wildman–Crippen LogP) is 4.09. The molecule has 0 aliphatic rings. The summed E-state index contributed by atoms with van der Waals surface area (Å²) in [6.07, 6.45) is 0.654. The van der Waals surface area contributed by atoms with E-state index >= 15 is 0 Å². The van der Waals surface area contributed by atoms with Crippen molar-refractivity contribution in [2.45, 2.75) is 0 Å². The molecule has 0 N–H and O–H groups in total. The SMILES string of the molecule is COc1cc(F)ccc1Oc1cc(Cl)ccc1C=O. The molecule has 0 amide bonds.